The van der Waals surface area contributed by atoms with E-state index >= 15 is 0 Å². The van der Waals surface area contributed by atoms with Crippen molar-refractivity contribution in [3.05, 3.63) is 35.9 Å². The van der Waals surface area contributed by atoms with Crippen LogP contribution in [0.3, 0.4) is 0 Å². The second kappa shape index (κ2) is 4.65. The fourth-order valence-electron chi connectivity index (χ4n) is 3.41. The Morgan fingerprint density at radius 3 is 2.44 bits per heavy atom. The highest BCUT2D eigenvalue weighted by molar-refractivity contribution is 5.22. The van der Waals surface area contributed by atoms with Gasteiger partial charge in [-0.05, 0) is 37.4 Å². The number of fused-ring (bicyclic) bond motifs is 1. The summed E-state index contributed by atoms with van der Waals surface area (Å²) in [6, 6.07) is 10.0. The smallest absolute Gasteiger partial charge is 0.0994 e. The van der Waals surface area contributed by atoms with Gasteiger partial charge in [0.2, 0.25) is 0 Å². The first-order chi connectivity index (χ1) is 8.65. The molecular formula is C15H22N2O. The lowest BCUT2D eigenvalue weighted by molar-refractivity contribution is 0.0207. The van der Waals surface area contributed by atoms with Crippen LogP contribution in [0, 0.1) is 11.8 Å². The van der Waals surface area contributed by atoms with Gasteiger partial charge in [0.15, 0.2) is 0 Å². The maximum absolute atomic E-state index is 10.7. The second-order valence-electron chi connectivity index (χ2n) is 6.01. The number of likely N-dealkylation sites (tertiary alicyclic amines) is 1. The van der Waals surface area contributed by atoms with Crippen molar-refractivity contribution in [2.45, 2.75) is 12.5 Å². The molecule has 18 heavy (non-hydrogen) atoms. The molecule has 2 heterocycles. The molecule has 0 aromatic heterocycles. The third-order valence-corrected chi connectivity index (χ3v) is 4.39. The molecule has 0 spiro atoms. The summed E-state index contributed by atoms with van der Waals surface area (Å²) >= 11 is 0. The van der Waals surface area contributed by atoms with Crippen LogP contribution in [0.2, 0.25) is 0 Å². The van der Waals surface area contributed by atoms with E-state index < -0.39 is 5.60 Å². The summed E-state index contributed by atoms with van der Waals surface area (Å²) in [6.45, 7) is 7.21. The minimum Gasteiger partial charge on any atom is -0.384 e. The Balaban J connectivity index is 1.66. The van der Waals surface area contributed by atoms with E-state index in [0.717, 1.165) is 50.1 Å². The summed E-state index contributed by atoms with van der Waals surface area (Å²) in [6.07, 6.45) is 0. The lowest BCUT2D eigenvalue weighted by Gasteiger charge is -2.30. The highest BCUT2D eigenvalue weighted by Gasteiger charge is 2.38. The Labute approximate surface area is 109 Å². The zero-order valence-corrected chi connectivity index (χ0v) is 11.0. The summed E-state index contributed by atoms with van der Waals surface area (Å²) in [7, 11) is 0. The number of nitrogens with zero attached hydrogens (tertiary/aromatic N) is 1. The largest absolute Gasteiger partial charge is 0.384 e. The molecule has 0 bridgehead atoms. The molecule has 2 saturated heterocycles. The van der Waals surface area contributed by atoms with Gasteiger partial charge in [0.25, 0.3) is 0 Å². The van der Waals surface area contributed by atoms with Gasteiger partial charge in [0.1, 0.15) is 0 Å². The summed E-state index contributed by atoms with van der Waals surface area (Å²) in [4.78, 5) is 2.42. The number of β-amino-alcohol motifs (C(OH)–C–C–N with tert-alkyl or cyclic N) is 1. The van der Waals surface area contributed by atoms with Gasteiger partial charge in [-0.1, -0.05) is 30.3 Å². The van der Waals surface area contributed by atoms with Crippen LogP contribution < -0.4 is 5.32 Å². The first-order valence-electron chi connectivity index (χ1n) is 6.86. The Hall–Kier alpha value is -0.900. The highest BCUT2D eigenvalue weighted by Crippen LogP contribution is 2.29. The zero-order valence-electron chi connectivity index (χ0n) is 11.0. The SMILES string of the molecule is CC(O)(CN1C[C@H]2CNC[C@H]2C1)c1ccccc1. The van der Waals surface area contributed by atoms with Crippen LogP contribution in [-0.2, 0) is 5.60 Å². The number of benzene rings is 1. The number of hydrogen-bond acceptors (Lipinski definition) is 3. The molecular weight excluding hydrogens is 224 g/mol. The molecule has 3 atom stereocenters. The van der Waals surface area contributed by atoms with Gasteiger partial charge in [0.05, 0.1) is 5.60 Å². The topological polar surface area (TPSA) is 35.5 Å². The summed E-state index contributed by atoms with van der Waals surface area (Å²) in [5.74, 6) is 1.58. The average molecular weight is 246 g/mol. The van der Waals surface area contributed by atoms with Crippen molar-refractivity contribution >= 4 is 0 Å². The van der Waals surface area contributed by atoms with Gasteiger partial charge in [-0.3, -0.25) is 4.90 Å². The highest BCUT2D eigenvalue weighted by atomic mass is 16.3. The van der Waals surface area contributed by atoms with Gasteiger partial charge < -0.3 is 10.4 Å². The number of hydrogen-bond donors (Lipinski definition) is 2. The van der Waals surface area contributed by atoms with Gasteiger partial charge in [-0.2, -0.15) is 0 Å². The van der Waals surface area contributed by atoms with Gasteiger partial charge >= 0.3 is 0 Å². The van der Waals surface area contributed by atoms with Crippen LogP contribution in [0.25, 0.3) is 0 Å². The Morgan fingerprint density at radius 2 is 1.83 bits per heavy atom. The van der Waals surface area contributed by atoms with E-state index in [1.807, 2.05) is 37.3 Å². The molecule has 0 radical (unpaired) electrons. The molecule has 2 fully saturated rings. The molecule has 2 aliphatic heterocycles. The van der Waals surface area contributed by atoms with Crippen molar-refractivity contribution in [1.82, 2.24) is 10.2 Å². The average Bonchev–Trinajstić information content (AvgIpc) is 2.90. The number of aliphatic hydroxyl groups is 1. The van der Waals surface area contributed by atoms with Crippen LogP contribution in [0.5, 0.6) is 0 Å². The van der Waals surface area contributed by atoms with Crippen molar-refractivity contribution in [2.75, 3.05) is 32.7 Å². The molecule has 3 rings (SSSR count). The van der Waals surface area contributed by atoms with Crippen molar-refractivity contribution in [3.63, 3.8) is 0 Å². The summed E-state index contributed by atoms with van der Waals surface area (Å²) in [5.41, 5.74) is 0.271. The molecule has 1 aromatic carbocycles. The summed E-state index contributed by atoms with van der Waals surface area (Å²) < 4.78 is 0. The number of nitrogens with one attached hydrogen (secondary N) is 1. The van der Waals surface area contributed by atoms with Crippen LogP contribution in [-0.4, -0.2) is 42.7 Å². The number of rotatable bonds is 3. The molecule has 2 N–H and O–H groups in total. The third-order valence-electron chi connectivity index (χ3n) is 4.39. The van der Waals surface area contributed by atoms with Crippen LogP contribution in [0.1, 0.15) is 12.5 Å². The second-order valence-corrected chi connectivity index (χ2v) is 6.01. The normalized spacial score (nSPS) is 31.2. The molecule has 2 aliphatic rings. The Bertz CT molecular complexity index is 392. The first kappa shape index (κ1) is 12.2. The third kappa shape index (κ3) is 2.30. The van der Waals surface area contributed by atoms with Gasteiger partial charge in [-0.15, -0.1) is 0 Å². The Morgan fingerprint density at radius 1 is 1.22 bits per heavy atom. The Kier molecular flexibility index (Phi) is 3.14. The predicted molar refractivity (Wildman–Crippen MR) is 72.3 cm³/mol. The maximum atomic E-state index is 10.7. The molecule has 0 saturated carbocycles. The predicted octanol–water partition coefficient (Wildman–Crippen LogP) is 1.05. The molecule has 1 aromatic rings. The van der Waals surface area contributed by atoms with E-state index in [1.54, 1.807) is 0 Å². The minimum atomic E-state index is -0.743. The van der Waals surface area contributed by atoms with E-state index in [1.165, 1.54) is 0 Å². The standard InChI is InChI=1S/C15H22N2O/c1-15(18,14-5-3-2-4-6-14)11-17-9-12-7-16-8-13(12)10-17/h2-6,12-13,16,18H,7-11H2,1H3/t12-,13+,15?. The van der Waals surface area contributed by atoms with Crippen molar-refractivity contribution < 1.29 is 5.11 Å². The lowest BCUT2D eigenvalue weighted by atomic mass is 9.95. The van der Waals surface area contributed by atoms with Gasteiger partial charge in [0, 0.05) is 19.6 Å². The van der Waals surface area contributed by atoms with Gasteiger partial charge in [-0.25, -0.2) is 0 Å². The fourth-order valence-corrected chi connectivity index (χ4v) is 3.41. The molecule has 1 unspecified atom stereocenters. The van der Waals surface area contributed by atoms with Crippen molar-refractivity contribution in [3.8, 4) is 0 Å². The first-order valence-corrected chi connectivity index (χ1v) is 6.86. The summed E-state index contributed by atoms with van der Waals surface area (Å²) in [5, 5.41) is 14.1. The molecule has 98 valence electrons. The zero-order chi connectivity index (χ0) is 12.6. The van der Waals surface area contributed by atoms with Crippen molar-refractivity contribution in [2.24, 2.45) is 11.8 Å². The fraction of sp³-hybridized carbons (Fsp3) is 0.600. The minimum absolute atomic E-state index is 0.740. The molecule has 0 aliphatic carbocycles. The monoisotopic (exact) mass is 246 g/mol. The molecule has 3 nitrogen and oxygen atoms in total. The quantitative estimate of drug-likeness (QED) is 0.836. The van der Waals surface area contributed by atoms with Crippen molar-refractivity contribution in [1.29, 1.82) is 0 Å². The van der Waals surface area contributed by atoms with Crippen LogP contribution in [0.4, 0.5) is 0 Å². The van der Waals surface area contributed by atoms with Crippen LogP contribution in [0.15, 0.2) is 30.3 Å². The van der Waals surface area contributed by atoms with E-state index in [-0.39, 0.29) is 0 Å². The van der Waals surface area contributed by atoms with E-state index in [4.69, 9.17) is 0 Å². The van der Waals surface area contributed by atoms with E-state index in [9.17, 15) is 5.11 Å². The maximum Gasteiger partial charge on any atom is 0.0994 e. The van der Waals surface area contributed by atoms with E-state index in [0.29, 0.717) is 0 Å². The lowest BCUT2D eigenvalue weighted by Crippen LogP contribution is -2.39. The van der Waals surface area contributed by atoms with Crippen LogP contribution >= 0.6 is 0 Å². The van der Waals surface area contributed by atoms with E-state index in [2.05, 4.69) is 10.2 Å². The molecule has 3 heteroatoms. The molecule has 0 amide bonds.